The molecule has 1 atom stereocenters. The van der Waals surface area contributed by atoms with Gasteiger partial charge in [0.1, 0.15) is 11.6 Å². The first kappa shape index (κ1) is 14.4. The topological polar surface area (TPSA) is 9.23 Å². The highest BCUT2D eigenvalue weighted by atomic mass is 79.9. The standard InChI is InChI=1S/C15H13BrClFO/c1-19-12-5-2-10(3-6-12)8-13(16)11-4-7-15(18)14(17)9-11/h2-7,9,13H,8H2,1H3. The minimum atomic E-state index is -0.394. The summed E-state index contributed by atoms with van der Waals surface area (Å²) in [6.07, 6.45) is 0.798. The number of methoxy groups -OCH3 is 1. The van der Waals surface area contributed by atoms with Crippen molar-refractivity contribution in [2.75, 3.05) is 7.11 Å². The smallest absolute Gasteiger partial charge is 0.141 e. The van der Waals surface area contributed by atoms with E-state index in [1.807, 2.05) is 24.3 Å². The first-order valence-electron chi connectivity index (χ1n) is 5.82. The highest BCUT2D eigenvalue weighted by molar-refractivity contribution is 9.09. The first-order valence-corrected chi connectivity index (χ1v) is 7.11. The molecular formula is C15H13BrClFO. The molecule has 2 aromatic rings. The summed E-state index contributed by atoms with van der Waals surface area (Å²) in [5.41, 5.74) is 2.13. The molecule has 0 saturated heterocycles. The maximum atomic E-state index is 13.1. The molecule has 0 radical (unpaired) electrons. The van der Waals surface area contributed by atoms with Gasteiger partial charge in [0.2, 0.25) is 0 Å². The van der Waals surface area contributed by atoms with Gasteiger partial charge >= 0.3 is 0 Å². The lowest BCUT2D eigenvalue weighted by atomic mass is 10.0. The van der Waals surface area contributed by atoms with Gasteiger partial charge in [0.05, 0.1) is 12.1 Å². The Kier molecular flexibility index (Phi) is 4.83. The van der Waals surface area contributed by atoms with Crippen molar-refractivity contribution in [2.45, 2.75) is 11.2 Å². The molecule has 1 nitrogen and oxygen atoms in total. The number of ether oxygens (including phenoxy) is 1. The second-order valence-electron chi connectivity index (χ2n) is 4.19. The molecule has 0 fully saturated rings. The number of rotatable bonds is 4. The van der Waals surface area contributed by atoms with Crippen molar-refractivity contribution in [2.24, 2.45) is 0 Å². The fourth-order valence-corrected chi connectivity index (χ4v) is 2.64. The van der Waals surface area contributed by atoms with Crippen LogP contribution in [0.15, 0.2) is 42.5 Å². The van der Waals surface area contributed by atoms with Crippen LogP contribution in [0.1, 0.15) is 16.0 Å². The molecule has 0 aliphatic carbocycles. The molecule has 0 spiro atoms. The van der Waals surface area contributed by atoms with E-state index in [-0.39, 0.29) is 9.85 Å². The maximum Gasteiger partial charge on any atom is 0.141 e. The van der Waals surface area contributed by atoms with E-state index >= 15 is 0 Å². The fraction of sp³-hybridized carbons (Fsp3) is 0.200. The minimum absolute atomic E-state index is 0.0963. The molecule has 0 saturated carbocycles. The van der Waals surface area contributed by atoms with Gasteiger partial charge in [-0.05, 0) is 41.8 Å². The van der Waals surface area contributed by atoms with Crippen LogP contribution in [0.3, 0.4) is 0 Å². The maximum absolute atomic E-state index is 13.1. The van der Waals surface area contributed by atoms with E-state index in [0.717, 1.165) is 17.7 Å². The average Bonchev–Trinajstić information content (AvgIpc) is 2.42. The van der Waals surface area contributed by atoms with Crippen LogP contribution < -0.4 is 4.74 Å². The van der Waals surface area contributed by atoms with Gasteiger partial charge in [0.25, 0.3) is 0 Å². The third kappa shape index (κ3) is 3.71. The van der Waals surface area contributed by atoms with Crippen LogP contribution >= 0.6 is 27.5 Å². The number of halogens is 3. The van der Waals surface area contributed by atoms with Crippen molar-refractivity contribution >= 4 is 27.5 Å². The molecule has 0 aromatic heterocycles. The van der Waals surface area contributed by atoms with Crippen LogP contribution in [0.2, 0.25) is 5.02 Å². The van der Waals surface area contributed by atoms with Crippen molar-refractivity contribution in [1.29, 1.82) is 0 Å². The molecule has 2 rings (SSSR count). The van der Waals surface area contributed by atoms with Gasteiger partial charge in [-0.1, -0.05) is 45.7 Å². The Morgan fingerprint density at radius 1 is 1.21 bits per heavy atom. The molecule has 2 aromatic carbocycles. The molecule has 19 heavy (non-hydrogen) atoms. The summed E-state index contributed by atoms with van der Waals surface area (Å²) in [4.78, 5) is 0.0963. The van der Waals surface area contributed by atoms with E-state index in [4.69, 9.17) is 16.3 Å². The van der Waals surface area contributed by atoms with Gasteiger partial charge in [-0.2, -0.15) is 0 Å². The van der Waals surface area contributed by atoms with E-state index < -0.39 is 5.82 Å². The lowest BCUT2D eigenvalue weighted by Gasteiger charge is -2.11. The molecular weight excluding hydrogens is 331 g/mol. The van der Waals surface area contributed by atoms with Crippen molar-refractivity contribution in [3.63, 3.8) is 0 Å². The van der Waals surface area contributed by atoms with Crippen LogP contribution in [0, 0.1) is 5.82 Å². The summed E-state index contributed by atoms with van der Waals surface area (Å²) in [7, 11) is 1.64. The normalized spacial score (nSPS) is 12.2. The van der Waals surface area contributed by atoms with Crippen molar-refractivity contribution in [3.05, 3.63) is 64.4 Å². The Hall–Kier alpha value is -1.06. The lowest BCUT2D eigenvalue weighted by Crippen LogP contribution is -1.96. The number of hydrogen-bond acceptors (Lipinski definition) is 1. The molecule has 100 valence electrons. The number of benzene rings is 2. The van der Waals surface area contributed by atoms with Gasteiger partial charge in [0, 0.05) is 4.83 Å². The average molecular weight is 344 g/mol. The van der Waals surface area contributed by atoms with Crippen LogP contribution in [-0.2, 0) is 6.42 Å². The highest BCUT2D eigenvalue weighted by Gasteiger charge is 2.11. The van der Waals surface area contributed by atoms with Crippen molar-refractivity contribution in [3.8, 4) is 5.75 Å². The Morgan fingerprint density at radius 2 is 1.89 bits per heavy atom. The van der Waals surface area contributed by atoms with E-state index in [0.29, 0.717) is 0 Å². The summed E-state index contributed by atoms with van der Waals surface area (Å²) in [6, 6.07) is 12.7. The summed E-state index contributed by atoms with van der Waals surface area (Å²) in [5, 5.41) is 0.150. The number of alkyl halides is 1. The predicted molar refractivity (Wildman–Crippen MR) is 79.8 cm³/mol. The third-order valence-electron chi connectivity index (χ3n) is 2.88. The van der Waals surface area contributed by atoms with Gasteiger partial charge in [0.15, 0.2) is 0 Å². The van der Waals surface area contributed by atoms with E-state index in [9.17, 15) is 4.39 Å². The summed E-state index contributed by atoms with van der Waals surface area (Å²) >= 11 is 9.39. The van der Waals surface area contributed by atoms with E-state index in [1.54, 1.807) is 19.2 Å². The lowest BCUT2D eigenvalue weighted by molar-refractivity contribution is 0.414. The zero-order chi connectivity index (χ0) is 13.8. The van der Waals surface area contributed by atoms with Crippen LogP contribution in [0.4, 0.5) is 4.39 Å². The molecule has 1 unspecified atom stereocenters. The van der Waals surface area contributed by atoms with Crippen molar-refractivity contribution in [1.82, 2.24) is 0 Å². The molecule has 0 heterocycles. The van der Waals surface area contributed by atoms with Gasteiger partial charge in [-0.15, -0.1) is 0 Å². The predicted octanol–water partition coefficient (Wildman–Crippen LogP) is 5.17. The zero-order valence-corrected chi connectivity index (χ0v) is 12.7. The summed E-state index contributed by atoms with van der Waals surface area (Å²) in [6.45, 7) is 0. The third-order valence-corrected chi connectivity index (χ3v) is 4.02. The van der Waals surface area contributed by atoms with Gasteiger partial charge in [-0.25, -0.2) is 4.39 Å². The molecule has 0 N–H and O–H groups in total. The van der Waals surface area contributed by atoms with Gasteiger partial charge in [-0.3, -0.25) is 0 Å². The fourth-order valence-electron chi connectivity index (χ4n) is 1.79. The Morgan fingerprint density at radius 3 is 2.47 bits per heavy atom. The molecule has 4 heteroatoms. The monoisotopic (exact) mass is 342 g/mol. The van der Waals surface area contributed by atoms with Crippen LogP contribution in [0.5, 0.6) is 5.75 Å². The second-order valence-corrected chi connectivity index (χ2v) is 5.71. The second kappa shape index (κ2) is 6.40. The Balaban J connectivity index is 2.10. The molecule has 0 aliphatic heterocycles. The first-order chi connectivity index (χ1) is 9.10. The Labute approximate surface area is 125 Å². The summed E-state index contributed by atoms with van der Waals surface area (Å²) < 4.78 is 18.2. The SMILES string of the molecule is COc1ccc(CC(Br)c2ccc(F)c(Cl)c2)cc1. The Bertz CT molecular complexity index is 557. The van der Waals surface area contributed by atoms with E-state index in [2.05, 4.69) is 15.9 Å². The zero-order valence-electron chi connectivity index (χ0n) is 10.4. The van der Waals surface area contributed by atoms with E-state index in [1.165, 1.54) is 11.6 Å². The number of hydrogen-bond donors (Lipinski definition) is 0. The van der Waals surface area contributed by atoms with Crippen LogP contribution in [0.25, 0.3) is 0 Å². The molecule has 0 amide bonds. The van der Waals surface area contributed by atoms with Crippen LogP contribution in [-0.4, -0.2) is 7.11 Å². The summed E-state index contributed by atoms with van der Waals surface area (Å²) in [5.74, 6) is 0.439. The quantitative estimate of drug-likeness (QED) is 0.696. The largest absolute Gasteiger partial charge is 0.497 e. The highest BCUT2D eigenvalue weighted by Crippen LogP contribution is 2.30. The molecule has 0 bridgehead atoms. The van der Waals surface area contributed by atoms with Gasteiger partial charge < -0.3 is 4.74 Å². The minimum Gasteiger partial charge on any atom is -0.497 e. The molecule has 0 aliphatic rings. The van der Waals surface area contributed by atoms with Crippen molar-refractivity contribution < 1.29 is 9.13 Å².